The monoisotopic (exact) mass is 217 g/mol. The lowest BCUT2D eigenvalue weighted by atomic mass is 10.0. The molecule has 0 aromatic carbocycles. The van der Waals surface area contributed by atoms with E-state index in [-0.39, 0.29) is 6.61 Å². The van der Waals surface area contributed by atoms with Crippen molar-refractivity contribution < 1.29 is 14.9 Å². The van der Waals surface area contributed by atoms with Gasteiger partial charge in [-0.3, -0.25) is 4.90 Å². The van der Waals surface area contributed by atoms with Crippen molar-refractivity contribution in [3.05, 3.63) is 0 Å². The van der Waals surface area contributed by atoms with Gasteiger partial charge in [0.25, 0.3) is 0 Å². The number of aliphatic hydroxyl groups excluding tert-OH is 1. The Morgan fingerprint density at radius 2 is 1.93 bits per heavy atom. The van der Waals surface area contributed by atoms with Crippen LogP contribution in [0.15, 0.2) is 0 Å². The van der Waals surface area contributed by atoms with Crippen molar-refractivity contribution in [1.29, 1.82) is 0 Å². The predicted octanol–water partition coefficient (Wildman–Crippen LogP) is 0.232. The third-order valence-electron chi connectivity index (χ3n) is 3.08. The molecule has 4 nitrogen and oxygen atoms in total. The average molecular weight is 217 g/mol. The predicted molar refractivity (Wildman–Crippen MR) is 58.8 cm³/mol. The lowest BCUT2D eigenvalue weighted by Gasteiger charge is -2.30. The first-order chi connectivity index (χ1) is 7.20. The van der Waals surface area contributed by atoms with Gasteiger partial charge in [0.05, 0.1) is 18.8 Å². The highest BCUT2D eigenvalue weighted by atomic mass is 16.5. The van der Waals surface area contributed by atoms with E-state index in [2.05, 4.69) is 4.90 Å². The minimum Gasteiger partial charge on any atom is -0.395 e. The molecule has 0 amide bonds. The quantitative estimate of drug-likeness (QED) is 0.641. The molecule has 0 aromatic heterocycles. The van der Waals surface area contributed by atoms with Crippen LogP contribution in [0.5, 0.6) is 0 Å². The van der Waals surface area contributed by atoms with E-state index in [9.17, 15) is 5.11 Å². The summed E-state index contributed by atoms with van der Waals surface area (Å²) in [6.45, 7) is 2.85. The highest BCUT2D eigenvalue weighted by Crippen LogP contribution is 2.29. The van der Waals surface area contributed by atoms with Gasteiger partial charge in [0.1, 0.15) is 0 Å². The molecule has 0 aromatic rings. The molecule has 1 fully saturated rings. The van der Waals surface area contributed by atoms with Crippen LogP contribution in [0.2, 0.25) is 0 Å². The second-order valence-electron chi connectivity index (χ2n) is 4.42. The molecule has 0 spiro atoms. The van der Waals surface area contributed by atoms with Crippen molar-refractivity contribution >= 4 is 0 Å². The van der Waals surface area contributed by atoms with Gasteiger partial charge in [-0.15, -0.1) is 0 Å². The van der Waals surface area contributed by atoms with Gasteiger partial charge >= 0.3 is 0 Å². The Labute approximate surface area is 91.8 Å². The molecule has 1 aliphatic rings. The summed E-state index contributed by atoms with van der Waals surface area (Å²) in [5.74, 6) is 0. The number of rotatable bonds is 7. The first-order valence-corrected chi connectivity index (χ1v) is 5.75. The van der Waals surface area contributed by atoms with Crippen molar-refractivity contribution in [1.82, 2.24) is 4.90 Å². The van der Waals surface area contributed by atoms with E-state index in [1.807, 2.05) is 0 Å². The van der Waals surface area contributed by atoms with Gasteiger partial charge in [-0.05, 0) is 12.8 Å². The highest BCUT2D eigenvalue weighted by molar-refractivity contribution is 4.87. The molecule has 1 saturated carbocycles. The Morgan fingerprint density at radius 1 is 1.27 bits per heavy atom. The Morgan fingerprint density at radius 3 is 2.47 bits per heavy atom. The summed E-state index contributed by atoms with van der Waals surface area (Å²) in [7, 11) is 1.67. The number of methoxy groups -OCH3 is 1. The van der Waals surface area contributed by atoms with Crippen LogP contribution >= 0.6 is 0 Å². The first kappa shape index (κ1) is 12.9. The fraction of sp³-hybridized carbons (Fsp3) is 1.00. The SMILES string of the molecule is COCCN(CCO)CC1(O)CCCC1. The highest BCUT2D eigenvalue weighted by Gasteiger charge is 2.32. The molecule has 0 unspecified atom stereocenters. The summed E-state index contributed by atoms with van der Waals surface area (Å²) in [4.78, 5) is 2.08. The van der Waals surface area contributed by atoms with Crippen LogP contribution in [0.1, 0.15) is 25.7 Å². The van der Waals surface area contributed by atoms with Crippen LogP contribution in [0.3, 0.4) is 0 Å². The zero-order valence-electron chi connectivity index (χ0n) is 9.61. The Hall–Kier alpha value is -0.160. The van der Waals surface area contributed by atoms with E-state index < -0.39 is 5.60 Å². The summed E-state index contributed by atoms with van der Waals surface area (Å²) >= 11 is 0. The van der Waals surface area contributed by atoms with E-state index in [1.165, 1.54) is 0 Å². The maximum Gasteiger partial charge on any atom is 0.0774 e. The van der Waals surface area contributed by atoms with E-state index in [1.54, 1.807) is 7.11 Å². The Balaban J connectivity index is 2.34. The standard InChI is InChI=1S/C11H23NO3/c1-15-9-7-12(6-8-13)10-11(14)4-2-3-5-11/h13-14H,2-10H2,1H3. The van der Waals surface area contributed by atoms with Crippen molar-refractivity contribution in [3.63, 3.8) is 0 Å². The van der Waals surface area contributed by atoms with E-state index >= 15 is 0 Å². The van der Waals surface area contributed by atoms with Crippen molar-refractivity contribution in [2.75, 3.05) is 40.0 Å². The van der Waals surface area contributed by atoms with Crippen molar-refractivity contribution in [2.24, 2.45) is 0 Å². The fourth-order valence-electron chi connectivity index (χ4n) is 2.24. The molecule has 1 aliphatic carbocycles. The number of nitrogens with zero attached hydrogens (tertiary/aromatic N) is 1. The van der Waals surface area contributed by atoms with Gasteiger partial charge in [0.2, 0.25) is 0 Å². The average Bonchev–Trinajstić information content (AvgIpc) is 2.62. The lowest BCUT2D eigenvalue weighted by Crippen LogP contribution is -2.43. The zero-order chi connectivity index (χ0) is 11.1. The molecule has 0 radical (unpaired) electrons. The molecule has 2 N–H and O–H groups in total. The number of hydrogen-bond donors (Lipinski definition) is 2. The molecule has 0 atom stereocenters. The van der Waals surface area contributed by atoms with Gasteiger partial charge in [-0.1, -0.05) is 12.8 Å². The third kappa shape index (κ3) is 4.47. The second kappa shape index (κ2) is 6.43. The van der Waals surface area contributed by atoms with Gasteiger partial charge in [0.15, 0.2) is 0 Å². The second-order valence-corrected chi connectivity index (χ2v) is 4.42. The largest absolute Gasteiger partial charge is 0.395 e. The van der Waals surface area contributed by atoms with Crippen LogP contribution in [0.4, 0.5) is 0 Å². The molecule has 0 bridgehead atoms. The molecular formula is C11H23NO3. The van der Waals surface area contributed by atoms with Crippen molar-refractivity contribution in [3.8, 4) is 0 Å². The molecular weight excluding hydrogens is 194 g/mol. The minimum absolute atomic E-state index is 0.139. The maximum absolute atomic E-state index is 10.2. The van der Waals surface area contributed by atoms with Crippen LogP contribution in [-0.4, -0.2) is 60.7 Å². The maximum atomic E-state index is 10.2. The number of hydrogen-bond acceptors (Lipinski definition) is 4. The number of aliphatic hydroxyl groups is 2. The molecule has 15 heavy (non-hydrogen) atoms. The molecule has 1 rings (SSSR count). The van der Waals surface area contributed by atoms with Crippen molar-refractivity contribution in [2.45, 2.75) is 31.3 Å². The van der Waals surface area contributed by atoms with Gasteiger partial charge in [-0.2, -0.15) is 0 Å². The van der Waals surface area contributed by atoms with Crippen LogP contribution in [-0.2, 0) is 4.74 Å². The normalized spacial score (nSPS) is 20.0. The molecule has 4 heteroatoms. The molecule has 0 saturated heterocycles. The van der Waals surface area contributed by atoms with E-state index in [0.717, 1.165) is 32.2 Å². The molecule has 90 valence electrons. The van der Waals surface area contributed by atoms with E-state index in [0.29, 0.717) is 19.7 Å². The smallest absolute Gasteiger partial charge is 0.0774 e. The summed E-state index contributed by atoms with van der Waals surface area (Å²) < 4.78 is 5.01. The zero-order valence-corrected chi connectivity index (χ0v) is 9.61. The minimum atomic E-state index is -0.525. The van der Waals surface area contributed by atoms with Crippen LogP contribution in [0, 0.1) is 0 Å². The number of ether oxygens (including phenoxy) is 1. The Kier molecular flexibility index (Phi) is 5.53. The molecule has 0 heterocycles. The topological polar surface area (TPSA) is 52.9 Å². The van der Waals surface area contributed by atoms with Gasteiger partial charge in [0, 0.05) is 26.7 Å². The van der Waals surface area contributed by atoms with Crippen LogP contribution < -0.4 is 0 Å². The third-order valence-corrected chi connectivity index (χ3v) is 3.08. The Bertz CT molecular complexity index is 169. The summed E-state index contributed by atoms with van der Waals surface area (Å²) in [6.07, 6.45) is 4.02. The van der Waals surface area contributed by atoms with E-state index in [4.69, 9.17) is 9.84 Å². The fourth-order valence-corrected chi connectivity index (χ4v) is 2.24. The summed E-state index contributed by atoms with van der Waals surface area (Å²) in [5.41, 5.74) is -0.525. The summed E-state index contributed by atoms with van der Waals surface area (Å²) in [5, 5.41) is 19.2. The van der Waals surface area contributed by atoms with Gasteiger partial charge < -0.3 is 14.9 Å². The first-order valence-electron chi connectivity index (χ1n) is 5.75. The van der Waals surface area contributed by atoms with Crippen LogP contribution in [0.25, 0.3) is 0 Å². The van der Waals surface area contributed by atoms with Gasteiger partial charge in [-0.25, -0.2) is 0 Å². The molecule has 0 aliphatic heterocycles. The lowest BCUT2D eigenvalue weighted by molar-refractivity contribution is -0.000661. The summed E-state index contributed by atoms with van der Waals surface area (Å²) in [6, 6.07) is 0.